The van der Waals surface area contributed by atoms with Crippen LogP contribution in [0.15, 0.2) is 11.5 Å². The molecule has 0 saturated carbocycles. The van der Waals surface area contributed by atoms with E-state index >= 15 is 0 Å². The molecule has 1 amide bonds. The molecule has 3 aliphatic heterocycles. The van der Waals surface area contributed by atoms with E-state index in [9.17, 15) is 4.79 Å². The molecule has 0 radical (unpaired) electrons. The number of nitrogens with zero attached hydrogens (tertiary/aromatic N) is 2. The van der Waals surface area contributed by atoms with Crippen molar-refractivity contribution in [3.05, 3.63) is 11.5 Å². The van der Waals surface area contributed by atoms with Gasteiger partial charge in [0.15, 0.2) is 0 Å². The SMILES string of the molecule is O=C1CN2CCCC2=C2NCCN12. The van der Waals surface area contributed by atoms with E-state index in [4.69, 9.17) is 0 Å². The van der Waals surface area contributed by atoms with Gasteiger partial charge in [0.05, 0.1) is 12.2 Å². The van der Waals surface area contributed by atoms with Gasteiger partial charge < -0.3 is 10.2 Å². The van der Waals surface area contributed by atoms with E-state index in [1.165, 1.54) is 12.1 Å². The quantitative estimate of drug-likeness (QED) is 0.554. The van der Waals surface area contributed by atoms with Crippen molar-refractivity contribution >= 4 is 5.91 Å². The highest BCUT2D eigenvalue weighted by atomic mass is 16.2. The first kappa shape index (κ1) is 7.24. The maximum Gasteiger partial charge on any atom is 0.247 e. The maximum absolute atomic E-state index is 11.6. The van der Waals surface area contributed by atoms with Gasteiger partial charge in [-0.05, 0) is 12.8 Å². The topological polar surface area (TPSA) is 35.6 Å². The first-order valence-electron chi connectivity index (χ1n) is 4.88. The molecule has 3 heterocycles. The molecule has 0 atom stereocenters. The molecule has 0 unspecified atom stereocenters. The van der Waals surface area contributed by atoms with Gasteiger partial charge in [-0.15, -0.1) is 0 Å². The van der Waals surface area contributed by atoms with Crippen LogP contribution < -0.4 is 5.32 Å². The highest BCUT2D eigenvalue weighted by Crippen LogP contribution is 2.29. The van der Waals surface area contributed by atoms with Crippen LogP contribution in [0.5, 0.6) is 0 Å². The van der Waals surface area contributed by atoms with Crippen molar-refractivity contribution in [2.75, 3.05) is 26.2 Å². The van der Waals surface area contributed by atoms with Gasteiger partial charge in [-0.3, -0.25) is 9.69 Å². The van der Waals surface area contributed by atoms with Crippen LogP contribution in [0.25, 0.3) is 0 Å². The molecule has 0 spiro atoms. The summed E-state index contributed by atoms with van der Waals surface area (Å²) in [6.45, 7) is 3.42. The summed E-state index contributed by atoms with van der Waals surface area (Å²) in [4.78, 5) is 15.7. The molecule has 3 aliphatic rings. The van der Waals surface area contributed by atoms with E-state index < -0.39 is 0 Å². The van der Waals surface area contributed by atoms with E-state index in [1.807, 2.05) is 4.90 Å². The number of fused-ring (bicyclic) bond motifs is 2. The van der Waals surface area contributed by atoms with Crippen molar-refractivity contribution in [1.82, 2.24) is 15.1 Å². The van der Waals surface area contributed by atoms with Crippen LogP contribution in [0.1, 0.15) is 12.8 Å². The zero-order chi connectivity index (χ0) is 8.84. The Hall–Kier alpha value is -1.19. The Bertz CT molecular complexity index is 297. The molecule has 0 aliphatic carbocycles. The van der Waals surface area contributed by atoms with Gasteiger partial charge in [-0.25, -0.2) is 0 Å². The highest BCUT2D eigenvalue weighted by Gasteiger charge is 2.36. The van der Waals surface area contributed by atoms with Crippen LogP contribution in [0.2, 0.25) is 0 Å². The van der Waals surface area contributed by atoms with Crippen LogP contribution in [0.3, 0.4) is 0 Å². The van der Waals surface area contributed by atoms with E-state index in [1.54, 1.807) is 0 Å². The molecule has 4 nitrogen and oxygen atoms in total. The number of amides is 1. The van der Waals surface area contributed by atoms with Crippen molar-refractivity contribution in [1.29, 1.82) is 0 Å². The summed E-state index contributed by atoms with van der Waals surface area (Å²) in [5, 5.41) is 3.30. The maximum atomic E-state index is 11.6. The van der Waals surface area contributed by atoms with Crippen LogP contribution in [0, 0.1) is 0 Å². The zero-order valence-corrected chi connectivity index (χ0v) is 7.55. The van der Waals surface area contributed by atoms with E-state index in [-0.39, 0.29) is 5.91 Å². The van der Waals surface area contributed by atoms with Gasteiger partial charge in [-0.2, -0.15) is 0 Å². The number of hydrogen-bond acceptors (Lipinski definition) is 3. The smallest absolute Gasteiger partial charge is 0.247 e. The molecule has 0 bridgehead atoms. The second kappa shape index (κ2) is 2.40. The molecular weight excluding hydrogens is 166 g/mol. The Balaban J connectivity index is 2.05. The number of rotatable bonds is 0. The Morgan fingerprint density at radius 3 is 3.15 bits per heavy atom. The van der Waals surface area contributed by atoms with Gasteiger partial charge in [0.2, 0.25) is 5.91 Å². The lowest BCUT2D eigenvalue weighted by Crippen LogP contribution is -2.43. The predicted octanol–water partition coefficient (Wildman–Crippen LogP) is -0.303. The Kier molecular flexibility index (Phi) is 1.34. The fourth-order valence-corrected chi connectivity index (χ4v) is 2.42. The summed E-state index contributed by atoms with van der Waals surface area (Å²) in [5.74, 6) is 1.35. The summed E-state index contributed by atoms with van der Waals surface area (Å²) < 4.78 is 0. The molecule has 0 aromatic rings. The van der Waals surface area contributed by atoms with E-state index in [0.29, 0.717) is 6.54 Å². The van der Waals surface area contributed by atoms with Gasteiger partial charge in [0.25, 0.3) is 0 Å². The molecule has 70 valence electrons. The Morgan fingerprint density at radius 2 is 2.23 bits per heavy atom. The Labute approximate surface area is 77.2 Å². The largest absolute Gasteiger partial charge is 0.368 e. The van der Waals surface area contributed by atoms with Crippen molar-refractivity contribution in [2.45, 2.75) is 12.8 Å². The first-order valence-corrected chi connectivity index (χ1v) is 4.88. The third kappa shape index (κ3) is 0.884. The lowest BCUT2D eigenvalue weighted by atomic mass is 10.2. The summed E-state index contributed by atoms with van der Waals surface area (Å²) in [6, 6.07) is 0. The minimum absolute atomic E-state index is 0.255. The molecule has 1 N–H and O–H groups in total. The molecular formula is C9H13N3O. The van der Waals surface area contributed by atoms with Crippen LogP contribution in [0.4, 0.5) is 0 Å². The third-order valence-electron chi connectivity index (χ3n) is 3.02. The lowest BCUT2D eigenvalue weighted by molar-refractivity contribution is -0.130. The summed E-state index contributed by atoms with van der Waals surface area (Å²) in [7, 11) is 0. The van der Waals surface area contributed by atoms with Crippen LogP contribution >= 0.6 is 0 Å². The van der Waals surface area contributed by atoms with Crippen LogP contribution in [-0.4, -0.2) is 41.9 Å². The molecule has 0 aromatic heterocycles. The number of allylic oxidation sites excluding steroid dienone is 1. The fourth-order valence-electron chi connectivity index (χ4n) is 2.42. The van der Waals surface area contributed by atoms with Gasteiger partial charge in [0.1, 0.15) is 5.82 Å². The lowest BCUT2D eigenvalue weighted by Gasteiger charge is -2.31. The minimum Gasteiger partial charge on any atom is -0.368 e. The van der Waals surface area contributed by atoms with Gasteiger partial charge >= 0.3 is 0 Å². The van der Waals surface area contributed by atoms with Crippen molar-refractivity contribution < 1.29 is 4.79 Å². The van der Waals surface area contributed by atoms with Gasteiger partial charge in [0, 0.05) is 19.6 Å². The normalized spacial score (nSPS) is 26.3. The Morgan fingerprint density at radius 1 is 1.31 bits per heavy atom. The molecule has 0 aromatic carbocycles. The molecule has 3 rings (SSSR count). The summed E-state index contributed by atoms with van der Waals surface area (Å²) >= 11 is 0. The fraction of sp³-hybridized carbons (Fsp3) is 0.667. The summed E-state index contributed by atoms with van der Waals surface area (Å²) in [6.07, 6.45) is 2.33. The molecule has 2 saturated heterocycles. The average molecular weight is 179 g/mol. The second-order valence-electron chi connectivity index (χ2n) is 3.79. The number of nitrogens with one attached hydrogen (secondary N) is 1. The van der Waals surface area contributed by atoms with Gasteiger partial charge in [-0.1, -0.05) is 0 Å². The number of hydrogen-bond donors (Lipinski definition) is 1. The predicted molar refractivity (Wildman–Crippen MR) is 47.5 cm³/mol. The molecule has 4 heteroatoms. The van der Waals surface area contributed by atoms with E-state index in [2.05, 4.69) is 10.2 Å². The standard InChI is InChI=1S/C9H13N3O/c13-8-6-11-4-1-2-7(11)9-10-3-5-12(8)9/h10H,1-6H2. The zero-order valence-electron chi connectivity index (χ0n) is 7.55. The third-order valence-corrected chi connectivity index (χ3v) is 3.02. The highest BCUT2D eigenvalue weighted by molar-refractivity contribution is 5.82. The molecule has 13 heavy (non-hydrogen) atoms. The summed E-state index contributed by atoms with van der Waals surface area (Å²) in [5.41, 5.74) is 1.36. The van der Waals surface area contributed by atoms with Crippen molar-refractivity contribution in [3.63, 3.8) is 0 Å². The number of carbonyl (C=O) groups is 1. The monoisotopic (exact) mass is 179 g/mol. The van der Waals surface area contributed by atoms with Crippen molar-refractivity contribution in [2.24, 2.45) is 0 Å². The minimum atomic E-state index is 0.255. The van der Waals surface area contributed by atoms with E-state index in [0.717, 1.165) is 31.9 Å². The van der Waals surface area contributed by atoms with Crippen LogP contribution in [-0.2, 0) is 4.79 Å². The second-order valence-corrected chi connectivity index (χ2v) is 3.79. The average Bonchev–Trinajstić information content (AvgIpc) is 2.66. The number of carbonyl (C=O) groups excluding carboxylic acids is 1. The van der Waals surface area contributed by atoms with Crippen molar-refractivity contribution in [3.8, 4) is 0 Å². The first-order chi connectivity index (χ1) is 6.36. The molecule has 2 fully saturated rings.